The van der Waals surface area contributed by atoms with E-state index in [1.54, 1.807) is 0 Å². The van der Waals surface area contributed by atoms with Gasteiger partial charge in [-0.1, -0.05) is 10.3 Å². The summed E-state index contributed by atoms with van der Waals surface area (Å²) in [5, 5.41) is 43.5. The molecule has 12 nitrogen and oxygen atoms in total. The largest absolute Gasteiger partial charge is 0.409 e. The fourth-order valence-corrected chi connectivity index (χ4v) is 2.01. The van der Waals surface area contributed by atoms with Gasteiger partial charge in [0, 0.05) is 17.2 Å². The molecule has 4 atom stereocenters. The van der Waals surface area contributed by atoms with Gasteiger partial charge in [-0.05, 0) is 5.53 Å². The van der Waals surface area contributed by atoms with Crippen LogP contribution >= 0.6 is 0 Å². The predicted octanol–water partition coefficient (Wildman–Crippen LogP) is -2.28. The van der Waals surface area contributed by atoms with E-state index < -0.39 is 36.5 Å². The number of aromatic amines is 1. The number of hydrogen-bond donors (Lipinski definition) is 5. The van der Waals surface area contributed by atoms with E-state index in [1.165, 1.54) is 6.07 Å². The lowest BCUT2D eigenvalue weighted by atomic mass is 10.1. The van der Waals surface area contributed by atoms with Crippen molar-refractivity contribution in [2.45, 2.75) is 24.2 Å². The summed E-state index contributed by atoms with van der Waals surface area (Å²) in [5.74, 6) is 0. The topological polar surface area (TPSA) is 189 Å². The van der Waals surface area contributed by atoms with Crippen LogP contribution in [0.5, 0.6) is 0 Å². The molecule has 1 aromatic heterocycles. The first-order chi connectivity index (χ1) is 9.99. The number of aliphatic hydroxyl groups excluding tert-OH is 3. The number of rotatable bonds is 3. The van der Waals surface area contributed by atoms with Crippen molar-refractivity contribution in [3.05, 3.63) is 38.7 Å². The molecular weight excluding hydrogens is 288 g/mol. The normalized spacial score (nSPS) is 32.9. The van der Waals surface area contributed by atoms with E-state index in [2.05, 4.69) is 20.2 Å². The van der Waals surface area contributed by atoms with Gasteiger partial charge in [0.05, 0.1) is 6.61 Å². The molecule has 5 N–H and O–H groups in total. The molecule has 1 fully saturated rings. The highest BCUT2D eigenvalue weighted by Crippen LogP contribution is 2.37. The molecule has 2 heterocycles. The van der Waals surface area contributed by atoms with Gasteiger partial charge in [-0.15, -0.1) is 0 Å². The van der Waals surface area contributed by atoms with Crippen LogP contribution in [0.1, 0.15) is 6.23 Å². The van der Waals surface area contributed by atoms with Gasteiger partial charge in [-0.25, -0.2) is 4.79 Å². The molecule has 0 aliphatic carbocycles. The van der Waals surface area contributed by atoms with Crippen LogP contribution in [0.15, 0.2) is 27.3 Å². The molecule has 1 aliphatic heterocycles. The zero-order valence-corrected chi connectivity index (χ0v) is 10.4. The van der Waals surface area contributed by atoms with Gasteiger partial charge in [0.25, 0.3) is 0 Å². The van der Waals surface area contributed by atoms with Crippen LogP contribution in [0.25, 0.3) is 10.4 Å². The van der Waals surface area contributed by atoms with Crippen molar-refractivity contribution < 1.29 is 25.3 Å². The summed E-state index contributed by atoms with van der Waals surface area (Å²) in [6.07, 6.45) is -3.64. The van der Waals surface area contributed by atoms with Crippen molar-refractivity contribution in [2.24, 2.45) is 10.3 Å². The highest BCUT2D eigenvalue weighted by atomic mass is 16.6. The standard InChI is InChI=1S/C9H12N6O6/c10-14-13-9(3-16)6(18)5(17)7(21-9)15-2-1-4(12-20)11-8(15)19/h1-2,5-7,16-18,20H,3H2,(H,11,12,19)/t5-,6+,7-,9-/m1/s1. The Morgan fingerprint density at radius 3 is 2.81 bits per heavy atom. The van der Waals surface area contributed by atoms with E-state index in [0.29, 0.717) is 0 Å². The van der Waals surface area contributed by atoms with E-state index >= 15 is 0 Å². The summed E-state index contributed by atoms with van der Waals surface area (Å²) in [5.41, 5.74) is 5.43. The Labute approximate surface area is 115 Å². The Hall–Kier alpha value is -2.37. The highest BCUT2D eigenvalue weighted by Gasteiger charge is 2.54. The lowest BCUT2D eigenvalue weighted by molar-refractivity contribution is -0.125. The number of nitrogens with zero attached hydrogens (tertiary/aromatic N) is 5. The minimum Gasteiger partial charge on any atom is -0.409 e. The molecule has 0 spiro atoms. The molecule has 0 unspecified atom stereocenters. The fourth-order valence-electron chi connectivity index (χ4n) is 2.01. The molecule has 1 aliphatic rings. The number of azide groups is 1. The Balaban J connectivity index is 2.47. The zero-order valence-electron chi connectivity index (χ0n) is 10.4. The van der Waals surface area contributed by atoms with Gasteiger partial charge in [0.1, 0.15) is 12.2 Å². The molecule has 2 rings (SSSR count). The van der Waals surface area contributed by atoms with Gasteiger partial charge in [0.2, 0.25) is 5.72 Å². The van der Waals surface area contributed by atoms with E-state index in [9.17, 15) is 20.1 Å². The molecule has 0 radical (unpaired) electrons. The van der Waals surface area contributed by atoms with Crippen LogP contribution in [-0.4, -0.2) is 54.6 Å². The number of H-pyrrole nitrogens is 1. The number of aliphatic hydroxyl groups is 3. The second-order valence-corrected chi connectivity index (χ2v) is 4.27. The first kappa shape index (κ1) is 15.0. The summed E-state index contributed by atoms with van der Waals surface area (Å²) in [7, 11) is 0. The van der Waals surface area contributed by atoms with Gasteiger partial charge in [-0.2, -0.15) is 0 Å². The third-order valence-electron chi connectivity index (χ3n) is 3.09. The molecule has 1 aromatic rings. The van der Waals surface area contributed by atoms with Gasteiger partial charge in [0.15, 0.2) is 11.7 Å². The zero-order chi connectivity index (χ0) is 15.6. The Morgan fingerprint density at radius 1 is 1.57 bits per heavy atom. The molecule has 0 amide bonds. The van der Waals surface area contributed by atoms with E-state index in [-0.39, 0.29) is 5.49 Å². The fraction of sp³-hybridized carbons (Fsp3) is 0.556. The van der Waals surface area contributed by atoms with E-state index in [1.807, 2.05) is 0 Å². The second-order valence-electron chi connectivity index (χ2n) is 4.27. The number of aromatic nitrogens is 2. The molecule has 12 heteroatoms. The smallest absolute Gasteiger partial charge is 0.329 e. The molecule has 21 heavy (non-hydrogen) atoms. The molecule has 1 saturated heterocycles. The van der Waals surface area contributed by atoms with E-state index in [0.717, 1.165) is 10.8 Å². The third-order valence-corrected chi connectivity index (χ3v) is 3.09. The van der Waals surface area contributed by atoms with Crippen molar-refractivity contribution in [1.29, 1.82) is 0 Å². The maximum Gasteiger partial charge on any atom is 0.329 e. The van der Waals surface area contributed by atoms with Gasteiger partial charge in [-0.3, -0.25) is 9.55 Å². The molecular formula is C9H12N6O6. The monoisotopic (exact) mass is 300 g/mol. The quantitative estimate of drug-likeness (QED) is 0.137. The maximum atomic E-state index is 11.8. The summed E-state index contributed by atoms with van der Waals surface area (Å²) < 4.78 is 6.04. The highest BCUT2D eigenvalue weighted by molar-refractivity contribution is 5.00. The van der Waals surface area contributed by atoms with Crippen molar-refractivity contribution >= 4 is 0 Å². The average molecular weight is 300 g/mol. The lowest BCUT2D eigenvalue weighted by Gasteiger charge is -2.23. The van der Waals surface area contributed by atoms with Gasteiger partial charge >= 0.3 is 5.69 Å². The predicted molar refractivity (Wildman–Crippen MR) is 63.5 cm³/mol. The van der Waals surface area contributed by atoms with Crippen LogP contribution in [0.2, 0.25) is 0 Å². The molecule has 0 aromatic carbocycles. The summed E-state index contributed by atoms with van der Waals surface area (Å²) >= 11 is 0. The van der Waals surface area contributed by atoms with Crippen molar-refractivity contribution in [1.82, 2.24) is 9.55 Å². The summed E-state index contributed by atoms with van der Waals surface area (Å²) in [4.78, 5) is 16.4. The first-order valence-corrected chi connectivity index (χ1v) is 5.69. The Bertz CT molecular complexity index is 692. The van der Waals surface area contributed by atoms with E-state index in [4.69, 9.17) is 15.5 Å². The maximum absolute atomic E-state index is 11.8. The summed E-state index contributed by atoms with van der Waals surface area (Å²) in [6, 6.07) is 1.20. The van der Waals surface area contributed by atoms with Crippen molar-refractivity contribution in [3.63, 3.8) is 0 Å². The van der Waals surface area contributed by atoms with Crippen LogP contribution in [0, 0.1) is 0 Å². The van der Waals surface area contributed by atoms with Crippen LogP contribution in [-0.2, 0) is 4.74 Å². The number of ether oxygens (including phenoxy) is 1. The number of nitrogens with one attached hydrogen (secondary N) is 1. The first-order valence-electron chi connectivity index (χ1n) is 5.69. The Kier molecular flexibility index (Phi) is 3.97. The summed E-state index contributed by atoms with van der Waals surface area (Å²) in [6.45, 7) is -0.895. The van der Waals surface area contributed by atoms with Crippen LogP contribution in [0.4, 0.5) is 0 Å². The lowest BCUT2D eigenvalue weighted by Crippen LogP contribution is -2.44. The minimum absolute atomic E-state index is 0.132. The average Bonchev–Trinajstić information content (AvgIpc) is 2.73. The van der Waals surface area contributed by atoms with Crippen molar-refractivity contribution in [2.75, 3.05) is 6.61 Å². The minimum atomic E-state index is -2.10. The molecule has 114 valence electrons. The number of hydrogen-bond acceptors (Lipinski definition) is 8. The van der Waals surface area contributed by atoms with Gasteiger partial charge < -0.3 is 25.3 Å². The second kappa shape index (κ2) is 5.55. The van der Waals surface area contributed by atoms with Crippen LogP contribution in [0.3, 0.4) is 0 Å². The Morgan fingerprint density at radius 2 is 2.29 bits per heavy atom. The third kappa shape index (κ3) is 2.37. The SMILES string of the molecule is [N-]=[N+]=N[C@]1(CO)O[C@@H](n2ccc(=NO)[nH]c2=O)[C@H](O)[C@@H]1O. The van der Waals surface area contributed by atoms with Crippen LogP contribution < -0.4 is 11.2 Å². The van der Waals surface area contributed by atoms with Crippen molar-refractivity contribution in [3.8, 4) is 0 Å². The molecule has 0 bridgehead atoms. The molecule has 0 saturated carbocycles.